The fourth-order valence-corrected chi connectivity index (χ4v) is 3.45. The molecule has 1 aromatic carbocycles. The molecular weight excluding hydrogens is 465 g/mol. The van der Waals surface area contributed by atoms with Crippen LogP contribution in [0.5, 0.6) is 0 Å². The van der Waals surface area contributed by atoms with Gasteiger partial charge in [-0.05, 0) is 36.1 Å². The molecule has 0 aromatic heterocycles. The average molecular weight is 503 g/mol. The van der Waals surface area contributed by atoms with Crippen LogP contribution < -0.4 is 15.5 Å². The summed E-state index contributed by atoms with van der Waals surface area (Å²) in [6.45, 7) is 12.1. The van der Waals surface area contributed by atoms with E-state index in [-0.39, 0.29) is 24.0 Å². The van der Waals surface area contributed by atoms with Crippen LogP contribution in [0.2, 0.25) is 0 Å². The quantitative estimate of drug-likeness (QED) is 0.341. The van der Waals surface area contributed by atoms with Gasteiger partial charge in [-0.25, -0.2) is 0 Å². The number of morpholine rings is 1. The molecule has 0 spiro atoms. The summed E-state index contributed by atoms with van der Waals surface area (Å²) < 4.78 is 5.50. The summed E-state index contributed by atoms with van der Waals surface area (Å²) in [7, 11) is 5.96. The number of rotatable bonds is 7. The third kappa shape index (κ3) is 7.40. The van der Waals surface area contributed by atoms with Gasteiger partial charge in [0, 0.05) is 59.1 Å². The zero-order chi connectivity index (χ0) is 19.8. The van der Waals surface area contributed by atoms with Crippen LogP contribution in [0, 0.1) is 12.8 Å². The van der Waals surface area contributed by atoms with E-state index in [1.807, 2.05) is 7.05 Å². The maximum Gasteiger partial charge on any atom is 0.191 e. The zero-order valence-electron chi connectivity index (χ0n) is 18.3. The lowest BCUT2D eigenvalue weighted by molar-refractivity contribution is 0.00752. The van der Waals surface area contributed by atoms with Gasteiger partial charge in [-0.15, -0.1) is 24.0 Å². The van der Waals surface area contributed by atoms with Crippen LogP contribution in [0.3, 0.4) is 0 Å². The third-order valence-electron chi connectivity index (χ3n) is 5.28. The molecule has 6 nitrogen and oxygen atoms in total. The van der Waals surface area contributed by atoms with Crippen LogP contribution >= 0.6 is 24.0 Å². The van der Waals surface area contributed by atoms with Gasteiger partial charge < -0.3 is 20.3 Å². The van der Waals surface area contributed by atoms with Crippen LogP contribution in [-0.2, 0) is 11.3 Å². The van der Waals surface area contributed by atoms with Crippen molar-refractivity contribution in [2.75, 3.05) is 58.9 Å². The first-order valence-electron chi connectivity index (χ1n) is 9.95. The van der Waals surface area contributed by atoms with Crippen LogP contribution in [0.15, 0.2) is 23.2 Å². The van der Waals surface area contributed by atoms with Crippen LogP contribution in [0.4, 0.5) is 5.69 Å². The standard InChI is InChI=1S/C21H37N5O.HI/c1-16(2)20(26-9-11-27-12-10-26)15-24-21(22-4)23-14-18-7-8-19(25(5)6)13-17(18)3;/h7-8,13,16,20H,9-12,14-15H2,1-6H3,(H2,22,23,24);1H. The molecule has 2 rings (SSSR count). The maximum absolute atomic E-state index is 5.50. The fraction of sp³-hybridized carbons (Fsp3) is 0.667. The second-order valence-corrected chi connectivity index (χ2v) is 7.77. The molecule has 1 heterocycles. The van der Waals surface area contributed by atoms with E-state index in [0.717, 1.165) is 45.4 Å². The molecule has 1 aliphatic heterocycles. The highest BCUT2D eigenvalue weighted by Crippen LogP contribution is 2.17. The van der Waals surface area contributed by atoms with Crippen LogP contribution in [0.25, 0.3) is 0 Å². The summed E-state index contributed by atoms with van der Waals surface area (Å²) in [5, 5.41) is 6.97. The first kappa shape index (κ1) is 25.0. The summed E-state index contributed by atoms with van der Waals surface area (Å²) >= 11 is 0. The molecule has 1 aromatic rings. The van der Waals surface area contributed by atoms with E-state index in [9.17, 15) is 0 Å². The number of guanidine groups is 1. The number of hydrogen-bond donors (Lipinski definition) is 2. The molecule has 160 valence electrons. The molecule has 0 amide bonds. The number of anilines is 1. The van der Waals surface area contributed by atoms with Crippen molar-refractivity contribution in [1.29, 1.82) is 0 Å². The van der Waals surface area contributed by atoms with Gasteiger partial charge in [0.2, 0.25) is 0 Å². The van der Waals surface area contributed by atoms with E-state index in [4.69, 9.17) is 4.74 Å². The molecular formula is C21H38IN5O. The van der Waals surface area contributed by atoms with Crippen molar-refractivity contribution in [2.45, 2.75) is 33.4 Å². The Morgan fingerprint density at radius 1 is 1.21 bits per heavy atom. The number of aryl methyl sites for hydroxylation is 1. The van der Waals surface area contributed by atoms with E-state index in [2.05, 4.69) is 78.5 Å². The van der Waals surface area contributed by atoms with Gasteiger partial charge >= 0.3 is 0 Å². The van der Waals surface area contributed by atoms with Crippen molar-refractivity contribution in [1.82, 2.24) is 15.5 Å². The summed E-state index contributed by atoms with van der Waals surface area (Å²) in [6, 6.07) is 7.05. The highest BCUT2D eigenvalue weighted by atomic mass is 127. The second kappa shape index (κ2) is 12.5. The minimum Gasteiger partial charge on any atom is -0.379 e. The molecule has 7 heteroatoms. The average Bonchev–Trinajstić information content (AvgIpc) is 2.65. The van der Waals surface area contributed by atoms with Gasteiger partial charge in [0.15, 0.2) is 5.96 Å². The Morgan fingerprint density at radius 2 is 1.89 bits per heavy atom. The van der Waals surface area contributed by atoms with Crippen molar-refractivity contribution in [3.8, 4) is 0 Å². The summed E-state index contributed by atoms with van der Waals surface area (Å²) in [4.78, 5) is 9.05. The molecule has 28 heavy (non-hydrogen) atoms. The number of benzene rings is 1. The smallest absolute Gasteiger partial charge is 0.191 e. The second-order valence-electron chi connectivity index (χ2n) is 7.77. The number of nitrogens with one attached hydrogen (secondary N) is 2. The van der Waals surface area contributed by atoms with E-state index < -0.39 is 0 Å². The maximum atomic E-state index is 5.50. The predicted octanol–water partition coefficient (Wildman–Crippen LogP) is 2.70. The molecule has 0 bridgehead atoms. The minimum atomic E-state index is 0. The molecule has 1 aliphatic rings. The van der Waals surface area contributed by atoms with E-state index >= 15 is 0 Å². The van der Waals surface area contributed by atoms with Crippen molar-refractivity contribution in [3.63, 3.8) is 0 Å². The summed E-state index contributed by atoms with van der Waals surface area (Å²) in [5.74, 6) is 1.43. The lowest BCUT2D eigenvalue weighted by atomic mass is 10.0. The lowest BCUT2D eigenvalue weighted by Crippen LogP contribution is -2.52. The number of ether oxygens (including phenoxy) is 1. The normalized spacial score (nSPS) is 16.5. The summed E-state index contributed by atoms with van der Waals surface area (Å²) in [6.07, 6.45) is 0. The fourth-order valence-electron chi connectivity index (χ4n) is 3.45. The van der Waals surface area contributed by atoms with Gasteiger partial charge in [0.05, 0.1) is 13.2 Å². The molecule has 1 atom stereocenters. The van der Waals surface area contributed by atoms with E-state index in [1.165, 1.54) is 16.8 Å². The lowest BCUT2D eigenvalue weighted by Gasteiger charge is -2.37. The Kier molecular flexibility index (Phi) is 11.1. The van der Waals surface area contributed by atoms with Gasteiger partial charge in [-0.1, -0.05) is 19.9 Å². The Balaban J connectivity index is 0.00000392. The first-order chi connectivity index (χ1) is 12.9. The number of halogens is 1. The Morgan fingerprint density at radius 3 is 2.43 bits per heavy atom. The molecule has 0 saturated carbocycles. The van der Waals surface area contributed by atoms with Crippen molar-refractivity contribution in [2.24, 2.45) is 10.9 Å². The minimum absolute atomic E-state index is 0. The van der Waals surface area contributed by atoms with E-state index in [0.29, 0.717) is 12.0 Å². The SMILES string of the molecule is CN=C(NCc1ccc(N(C)C)cc1C)NCC(C(C)C)N1CCOCC1.I. The Labute approximate surface area is 188 Å². The molecule has 0 radical (unpaired) electrons. The highest BCUT2D eigenvalue weighted by molar-refractivity contribution is 14.0. The highest BCUT2D eigenvalue weighted by Gasteiger charge is 2.23. The van der Waals surface area contributed by atoms with Crippen molar-refractivity contribution >= 4 is 35.6 Å². The largest absolute Gasteiger partial charge is 0.379 e. The van der Waals surface area contributed by atoms with Crippen molar-refractivity contribution < 1.29 is 4.74 Å². The topological polar surface area (TPSA) is 52.1 Å². The molecule has 0 aliphatic carbocycles. The molecule has 2 N–H and O–H groups in total. The van der Waals surface area contributed by atoms with Gasteiger partial charge in [0.25, 0.3) is 0 Å². The van der Waals surface area contributed by atoms with Gasteiger partial charge in [-0.2, -0.15) is 0 Å². The molecule has 1 unspecified atom stereocenters. The number of nitrogens with zero attached hydrogens (tertiary/aromatic N) is 3. The zero-order valence-corrected chi connectivity index (χ0v) is 20.6. The third-order valence-corrected chi connectivity index (χ3v) is 5.28. The molecule has 1 saturated heterocycles. The number of hydrogen-bond acceptors (Lipinski definition) is 4. The van der Waals surface area contributed by atoms with Gasteiger partial charge in [-0.3, -0.25) is 9.89 Å². The summed E-state index contributed by atoms with van der Waals surface area (Å²) in [5.41, 5.74) is 3.80. The monoisotopic (exact) mass is 503 g/mol. The van der Waals surface area contributed by atoms with Crippen molar-refractivity contribution in [3.05, 3.63) is 29.3 Å². The predicted molar refractivity (Wildman–Crippen MR) is 130 cm³/mol. The van der Waals surface area contributed by atoms with Crippen LogP contribution in [0.1, 0.15) is 25.0 Å². The van der Waals surface area contributed by atoms with E-state index in [1.54, 1.807) is 0 Å². The Hall–Kier alpha value is -1.06. The molecule has 1 fully saturated rings. The van der Waals surface area contributed by atoms with Crippen LogP contribution in [-0.4, -0.2) is 70.9 Å². The Bertz CT molecular complexity index is 615. The first-order valence-corrected chi connectivity index (χ1v) is 9.95. The van der Waals surface area contributed by atoms with Gasteiger partial charge in [0.1, 0.15) is 0 Å². The number of aliphatic imine (C=N–C) groups is 1.